The van der Waals surface area contributed by atoms with E-state index < -0.39 is 6.10 Å². The number of nitrogens with zero attached hydrogens (tertiary/aromatic N) is 2. The Morgan fingerprint density at radius 2 is 1.96 bits per heavy atom. The molecule has 1 saturated heterocycles. The van der Waals surface area contributed by atoms with Crippen LogP contribution in [0, 0.1) is 0 Å². The first-order valence-electron chi connectivity index (χ1n) is 8.92. The molecule has 0 spiro atoms. The largest absolute Gasteiger partial charge is 0.497 e. The zero-order chi connectivity index (χ0) is 17.5. The maximum absolute atomic E-state index is 10.3. The highest BCUT2D eigenvalue weighted by Crippen LogP contribution is 2.21. The van der Waals surface area contributed by atoms with Crippen LogP contribution < -0.4 is 9.47 Å². The van der Waals surface area contributed by atoms with Gasteiger partial charge < -0.3 is 24.4 Å². The fourth-order valence-corrected chi connectivity index (χ4v) is 3.46. The standard InChI is InChI=1S/C19H32N2O3/c1-5-21-11-10-16(12-15(21)2)20(3)13-17(22)14-24-19-8-6-18(23-4)7-9-19/h6-9,15-17,22H,5,10-14H2,1-4H3/t15-,16-,17-/m0/s1. The van der Waals surface area contributed by atoms with Gasteiger partial charge in [-0.15, -0.1) is 0 Å². The second kappa shape index (κ2) is 9.25. The quantitative estimate of drug-likeness (QED) is 0.789. The van der Waals surface area contributed by atoms with Gasteiger partial charge in [-0.2, -0.15) is 0 Å². The first-order valence-corrected chi connectivity index (χ1v) is 8.92. The molecule has 0 aromatic heterocycles. The number of hydrogen-bond acceptors (Lipinski definition) is 5. The third kappa shape index (κ3) is 5.36. The van der Waals surface area contributed by atoms with Gasteiger partial charge in [-0.1, -0.05) is 6.92 Å². The summed E-state index contributed by atoms with van der Waals surface area (Å²) >= 11 is 0. The summed E-state index contributed by atoms with van der Waals surface area (Å²) in [5, 5.41) is 10.3. The highest BCUT2D eigenvalue weighted by atomic mass is 16.5. The zero-order valence-corrected chi connectivity index (χ0v) is 15.4. The molecule has 1 aliphatic rings. The molecule has 5 nitrogen and oxygen atoms in total. The molecule has 5 heteroatoms. The Bertz CT molecular complexity index is 480. The Labute approximate surface area is 146 Å². The highest BCUT2D eigenvalue weighted by Gasteiger charge is 2.27. The normalized spacial score (nSPS) is 23.2. The Kier molecular flexibility index (Phi) is 7.34. The number of piperidine rings is 1. The molecule has 136 valence electrons. The van der Waals surface area contributed by atoms with E-state index in [1.807, 2.05) is 24.3 Å². The Morgan fingerprint density at radius 1 is 1.29 bits per heavy atom. The van der Waals surface area contributed by atoms with Crippen LogP contribution in [0.5, 0.6) is 11.5 Å². The minimum Gasteiger partial charge on any atom is -0.497 e. The topological polar surface area (TPSA) is 45.2 Å². The lowest BCUT2D eigenvalue weighted by molar-refractivity contribution is 0.0364. The smallest absolute Gasteiger partial charge is 0.119 e. The molecule has 1 heterocycles. The van der Waals surface area contributed by atoms with Gasteiger partial charge in [0.2, 0.25) is 0 Å². The van der Waals surface area contributed by atoms with Crippen molar-refractivity contribution in [3.05, 3.63) is 24.3 Å². The van der Waals surface area contributed by atoms with E-state index in [0.717, 1.165) is 31.0 Å². The molecule has 0 radical (unpaired) electrons. The van der Waals surface area contributed by atoms with Gasteiger partial charge in [0.05, 0.1) is 7.11 Å². The number of likely N-dealkylation sites (tertiary alicyclic amines) is 1. The molecule has 1 aromatic carbocycles. The van der Waals surface area contributed by atoms with Crippen LogP contribution in [-0.4, -0.2) is 73.5 Å². The van der Waals surface area contributed by atoms with Crippen molar-refractivity contribution >= 4 is 0 Å². The third-order valence-electron chi connectivity index (χ3n) is 5.02. The number of likely N-dealkylation sites (N-methyl/N-ethyl adjacent to an activating group) is 1. The number of methoxy groups -OCH3 is 1. The lowest BCUT2D eigenvalue weighted by atomic mass is 9.97. The van der Waals surface area contributed by atoms with Crippen LogP contribution in [-0.2, 0) is 0 Å². The summed E-state index contributed by atoms with van der Waals surface area (Å²) in [5.41, 5.74) is 0. The van der Waals surface area contributed by atoms with Gasteiger partial charge in [-0.05, 0) is 64.2 Å². The van der Waals surface area contributed by atoms with Gasteiger partial charge >= 0.3 is 0 Å². The van der Waals surface area contributed by atoms with Gasteiger partial charge in [0, 0.05) is 18.6 Å². The minimum atomic E-state index is -0.489. The van der Waals surface area contributed by atoms with Crippen LogP contribution in [0.3, 0.4) is 0 Å². The maximum Gasteiger partial charge on any atom is 0.119 e. The van der Waals surface area contributed by atoms with Crippen LogP contribution >= 0.6 is 0 Å². The monoisotopic (exact) mass is 336 g/mol. The van der Waals surface area contributed by atoms with Crippen LogP contribution in [0.2, 0.25) is 0 Å². The Balaban J connectivity index is 1.74. The first kappa shape index (κ1) is 19.0. The predicted molar refractivity (Wildman–Crippen MR) is 96.9 cm³/mol. The van der Waals surface area contributed by atoms with Crippen molar-refractivity contribution in [2.24, 2.45) is 0 Å². The van der Waals surface area contributed by atoms with Crippen molar-refractivity contribution in [1.82, 2.24) is 9.80 Å². The van der Waals surface area contributed by atoms with E-state index in [-0.39, 0.29) is 0 Å². The fraction of sp³-hybridized carbons (Fsp3) is 0.684. The third-order valence-corrected chi connectivity index (χ3v) is 5.02. The molecule has 0 bridgehead atoms. The number of benzene rings is 1. The second-order valence-electron chi connectivity index (χ2n) is 6.74. The van der Waals surface area contributed by atoms with Crippen molar-refractivity contribution < 1.29 is 14.6 Å². The zero-order valence-electron chi connectivity index (χ0n) is 15.4. The van der Waals surface area contributed by atoms with Crippen molar-refractivity contribution in [3.63, 3.8) is 0 Å². The second-order valence-corrected chi connectivity index (χ2v) is 6.74. The summed E-state index contributed by atoms with van der Waals surface area (Å²) in [6.07, 6.45) is 1.84. The lowest BCUT2D eigenvalue weighted by Gasteiger charge is -2.41. The molecule has 1 aliphatic heterocycles. The highest BCUT2D eigenvalue weighted by molar-refractivity contribution is 5.31. The molecular weight excluding hydrogens is 304 g/mol. The Hall–Kier alpha value is -1.30. The summed E-state index contributed by atoms with van der Waals surface area (Å²) in [6, 6.07) is 8.59. The van der Waals surface area contributed by atoms with E-state index in [0.29, 0.717) is 25.2 Å². The summed E-state index contributed by atoms with van der Waals surface area (Å²) in [5.74, 6) is 1.55. The van der Waals surface area contributed by atoms with E-state index in [1.54, 1.807) is 7.11 Å². The van der Waals surface area contributed by atoms with E-state index in [4.69, 9.17) is 9.47 Å². The molecule has 3 atom stereocenters. The summed E-state index contributed by atoms with van der Waals surface area (Å²) in [7, 11) is 3.75. The summed E-state index contributed by atoms with van der Waals surface area (Å²) in [6.45, 7) is 7.73. The van der Waals surface area contributed by atoms with Gasteiger partial charge in [0.1, 0.15) is 24.2 Å². The molecule has 0 amide bonds. The van der Waals surface area contributed by atoms with Crippen LogP contribution in [0.4, 0.5) is 0 Å². The number of aliphatic hydroxyl groups excluding tert-OH is 1. The van der Waals surface area contributed by atoms with Gasteiger partial charge in [-0.25, -0.2) is 0 Å². The summed E-state index contributed by atoms with van der Waals surface area (Å²) < 4.78 is 10.8. The van der Waals surface area contributed by atoms with Crippen molar-refractivity contribution in [1.29, 1.82) is 0 Å². The van der Waals surface area contributed by atoms with Crippen LogP contribution in [0.25, 0.3) is 0 Å². The summed E-state index contributed by atoms with van der Waals surface area (Å²) in [4.78, 5) is 4.80. The molecule has 2 rings (SSSR count). The number of rotatable bonds is 8. The van der Waals surface area contributed by atoms with E-state index in [9.17, 15) is 5.11 Å². The molecule has 24 heavy (non-hydrogen) atoms. The molecule has 0 unspecified atom stereocenters. The number of ether oxygens (including phenoxy) is 2. The average Bonchev–Trinajstić information content (AvgIpc) is 2.60. The average molecular weight is 336 g/mol. The molecule has 0 aliphatic carbocycles. The first-order chi connectivity index (χ1) is 11.5. The van der Waals surface area contributed by atoms with Crippen molar-refractivity contribution in [2.45, 2.75) is 44.9 Å². The van der Waals surface area contributed by atoms with Crippen molar-refractivity contribution in [3.8, 4) is 11.5 Å². The number of aliphatic hydroxyl groups is 1. The predicted octanol–water partition coefficient (Wildman–Crippen LogP) is 2.24. The van der Waals surface area contributed by atoms with Gasteiger partial charge in [0.15, 0.2) is 0 Å². The SMILES string of the molecule is CCN1CC[C@H](N(C)C[C@H](O)COc2ccc(OC)cc2)C[C@@H]1C. The molecule has 1 aromatic rings. The molecule has 1 N–H and O–H groups in total. The maximum atomic E-state index is 10.3. The van der Waals surface area contributed by atoms with Crippen molar-refractivity contribution in [2.75, 3.05) is 40.4 Å². The molecular formula is C19H32N2O3. The Morgan fingerprint density at radius 3 is 2.54 bits per heavy atom. The van der Waals surface area contributed by atoms with E-state index >= 15 is 0 Å². The van der Waals surface area contributed by atoms with E-state index in [2.05, 4.69) is 30.7 Å². The molecule has 0 saturated carbocycles. The molecule has 1 fully saturated rings. The number of hydrogen-bond donors (Lipinski definition) is 1. The van der Waals surface area contributed by atoms with Crippen LogP contribution in [0.1, 0.15) is 26.7 Å². The lowest BCUT2D eigenvalue weighted by Crippen LogP contribution is -2.49. The van der Waals surface area contributed by atoms with Crippen LogP contribution in [0.15, 0.2) is 24.3 Å². The minimum absolute atomic E-state index is 0.306. The fourth-order valence-electron chi connectivity index (χ4n) is 3.46. The van der Waals surface area contributed by atoms with Gasteiger partial charge in [-0.3, -0.25) is 0 Å². The van der Waals surface area contributed by atoms with Gasteiger partial charge in [0.25, 0.3) is 0 Å². The van der Waals surface area contributed by atoms with E-state index in [1.165, 1.54) is 6.42 Å².